The summed E-state index contributed by atoms with van der Waals surface area (Å²) in [6, 6.07) is 11.2. The largest absolute Gasteiger partial charge is 0.497 e. The van der Waals surface area contributed by atoms with Gasteiger partial charge in [0, 0.05) is 11.1 Å². The Morgan fingerprint density at radius 1 is 0.960 bits per heavy atom. The fourth-order valence-electron chi connectivity index (χ4n) is 1.91. The number of rotatable bonds is 7. The average Bonchev–Trinajstić information content (AvgIpc) is 2.64. The Balaban J connectivity index is 1.77. The van der Waals surface area contributed by atoms with Gasteiger partial charge in [-0.05, 0) is 48.5 Å². The van der Waals surface area contributed by atoms with E-state index in [4.69, 9.17) is 9.47 Å². The molecule has 0 aliphatic carbocycles. The first kappa shape index (κ1) is 18.1. The lowest BCUT2D eigenvalue weighted by Gasteiger charge is -2.07. The molecule has 0 bridgehead atoms. The van der Waals surface area contributed by atoms with Gasteiger partial charge in [0.25, 0.3) is 5.91 Å². The van der Waals surface area contributed by atoms with Gasteiger partial charge in [0.1, 0.15) is 18.1 Å². The Morgan fingerprint density at radius 2 is 1.56 bits per heavy atom. The first-order valence-corrected chi connectivity index (χ1v) is 7.36. The zero-order valence-electron chi connectivity index (χ0n) is 13.5. The minimum absolute atomic E-state index is 0.212. The van der Waals surface area contributed by atoms with Crippen LogP contribution in [-0.4, -0.2) is 37.9 Å². The van der Waals surface area contributed by atoms with Crippen molar-refractivity contribution in [2.24, 2.45) is 0 Å². The van der Waals surface area contributed by atoms with Gasteiger partial charge in [-0.2, -0.15) is 0 Å². The van der Waals surface area contributed by atoms with E-state index in [1.165, 1.54) is 19.2 Å². The first-order valence-electron chi connectivity index (χ1n) is 7.36. The monoisotopic (exact) mass is 345 g/mol. The Bertz CT molecular complexity index is 756. The molecule has 0 aliphatic heterocycles. The molecule has 0 aliphatic rings. The molecule has 130 valence electrons. The molecule has 2 aromatic carbocycles. The molecule has 1 amide bonds. The second kappa shape index (κ2) is 8.58. The molecule has 25 heavy (non-hydrogen) atoms. The number of nitrogens with one attached hydrogen (secondary N) is 1. The predicted molar refractivity (Wildman–Crippen MR) is 87.0 cm³/mol. The van der Waals surface area contributed by atoms with Gasteiger partial charge in [-0.15, -0.1) is 0 Å². The maximum absolute atomic E-state index is 12.8. The number of Topliss-reactive ketones (excluding diaryl/α,β-unsaturated/α-hetero) is 1. The molecule has 6 nitrogen and oxygen atoms in total. The summed E-state index contributed by atoms with van der Waals surface area (Å²) in [5.41, 5.74) is 0.590. The van der Waals surface area contributed by atoms with Crippen molar-refractivity contribution in [3.8, 4) is 5.75 Å². The third-order valence-electron chi connectivity index (χ3n) is 3.28. The van der Waals surface area contributed by atoms with Crippen molar-refractivity contribution in [2.45, 2.75) is 0 Å². The second-order valence-corrected chi connectivity index (χ2v) is 5.00. The molecule has 0 fully saturated rings. The van der Waals surface area contributed by atoms with Crippen LogP contribution in [0.5, 0.6) is 5.75 Å². The van der Waals surface area contributed by atoms with Crippen LogP contribution in [0.25, 0.3) is 0 Å². The highest BCUT2D eigenvalue weighted by atomic mass is 19.1. The van der Waals surface area contributed by atoms with Crippen molar-refractivity contribution in [3.63, 3.8) is 0 Å². The smallest absolute Gasteiger partial charge is 0.325 e. The van der Waals surface area contributed by atoms with Gasteiger partial charge in [0.2, 0.25) is 0 Å². The summed E-state index contributed by atoms with van der Waals surface area (Å²) >= 11 is 0. The topological polar surface area (TPSA) is 81.7 Å². The van der Waals surface area contributed by atoms with Crippen LogP contribution in [0, 0.1) is 5.82 Å². The molecule has 0 saturated carbocycles. The summed E-state index contributed by atoms with van der Waals surface area (Å²) in [5.74, 6) is -1.53. The van der Waals surface area contributed by atoms with Gasteiger partial charge in [0.05, 0.1) is 7.11 Å². The summed E-state index contributed by atoms with van der Waals surface area (Å²) in [6.07, 6.45) is 0. The molecule has 0 heterocycles. The molecule has 0 unspecified atom stereocenters. The van der Waals surface area contributed by atoms with Crippen molar-refractivity contribution in [1.82, 2.24) is 5.32 Å². The number of amides is 1. The number of esters is 1. The third kappa shape index (κ3) is 5.42. The number of hydrogen-bond acceptors (Lipinski definition) is 5. The third-order valence-corrected chi connectivity index (χ3v) is 3.28. The average molecular weight is 345 g/mol. The van der Waals surface area contributed by atoms with Gasteiger partial charge in [-0.3, -0.25) is 14.4 Å². The fraction of sp³-hybridized carbons (Fsp3) is 0.167. The van der Waals surface area contributed by atoms with E-state index in [0.717, 1.165) is 12.1 Å². The van der Waals surface area contributed by atoms with Crippen LogP contribution in [0.15, 0.2) is 48.5 Å². The number of ether oxygens (including phenoxy) is 2. The van der Waals surface area contributed by atoms with E-state index in [1.807, 2.05) is 0 Å². The molecule has 0 spiro atoms. The van der Waals surface area contributed by atoms with Crippen molar-refractivity contribution in [2.75, 3.05) is 20.3 Å². The number of benzene rings is 2. The van der Waals surface area contributed by atoms with Gasteiger partial charge < -0.3 is 14.8 Å². The highest BCUT2D eigenvalue weighted by Crippen LogP contribution is 2.11. The molecule has 0 saturated heterocycles. The van der Waals surface area contributed by atoms with Crippen molar-refractivity contribution >= 4 is 17.7 Å². The van der Waals surface area contributed by atoms with Crippen molar-refractivity contribution in [3.05, 3.63) is 65.5 Å². The van der Waals surface area contributed by atoms with Crippen LogP contribution in [0.4, 0.5) is 4.39 Å². The minimum atomic E-state index is -0.752. The van der Waals surface area contributed by atoms with Gasteiger partial charge in [-0.25, -0.2) is 4.39 Å². The van der Waals surface area contributed by atoms with E-state index < -0.39 is 30.8 Å². The minimum Gasteiger partial charge on any atom is -0.497 e. The van der Waals surface area contributed by atoms with Gasteiger partial charge in [-0.1, -0.05) is 0 Å². The van der Waals surface area contributed by atoms with E-state index in [1.54, 1.807) is 24.3 Å². The summed E-state index contributed by atoms with van der Waals surface area (Å²) in [4.78, 5) is 35.3. The van der Waals surface area contributed by atoms with Crippen LogP contribution >= 0.6 is 0 Å². The molecular formula is C18H16FNO5. The number of methoxy groups -OCH3 is 1. The van der Waals surface area contributed by atoms with Crippen molar-refractivity contribution < 1.29 is 28.2 Å². The van der Waals surface area contributed by atoms with Crippen LogP contribution < -0.4 is 10.1 Å². The molecule has 1 N–H and O–H groups in total. The van der Waals surface area contributed by atoms with Gasteiger partial charge in [0.15, 0.2) is 12.4 Å². The van der Waals surface area contributed by atoms with E-state index in [2.05, 4.69) is 5.32 Å². The molecule has 0 radical (unpaired) electrons. The summed E-state index contributed by atoms with van der Waals surface area (Å²) in [7, 11) is 1.51. The Labute approximate surface area is 143 Å². The zero-order chi connectivity index (χ0) is 18.2. The fourth-order valence-corrected chi connectivity index (χ4v) is 1.91. The summed E-state index contributed by atoms with van der Waals surface area (Å²) in [6.45, 7) is -0.830. The zero-order valence-corrected chi connectivity index (χ0v) is 13.5. The Morgan fingerprint density at radius 3 is 2.16 bits per heavy atom. The molecule has 0 atom stereocenters. The molecule has 2 rings (SSSR count). The highest BCUT2D eigenvalue weighted by Gasteiger charge is 2.12. The lowest BCUT2D eigenvalue weighted by atomic mass is 10.1. The van der Waals surface area contributed by atoms with E-state index in [-0.39, 0.29) is 11.3 Å². The van der Waals surface area contributed by atoms with E-state index in [0.29, 0.717) is 11.3 Å². The highest BCUT2D eigenvalue weighted by molar-refractivity contribution is 5.98. The summed E-state index contributed by atoms with van der Waals surface area (Å²) in [5, 5.41) is 2.33. The quantitative estimate of drug-likeness (QED) is 0.613. The maximum atomic E-state index is 12.8. The van der Waals surface area contributed by atoms with E-state index >= 15 is 0 Å². The molecule has 7 heteroatoms. The molecule has 0 aromatic heterocycles. The summed E-state index contributed by atoms with van der Waals surface area (Å²) < 4.78 is 22.6. The molecule has 2 aromatic rings. The number of hydrogen-bond donors (Lipinski definition) is 1. The van der Waals surface area contributed by atoms with Crippen molar-refractivity contribution in [1.29, 1.82) is 0 Å². The van der Waals surface area contributed by atoms with Crippen LogP contribution in [0.3, 0.4) is 0 Å². The van der Waals surface area contributed by atoms with Crippen LogP contribution in [-0.2, 0) is 9.53 Å². The maximum Gasteiger partial charge on any atom is 0.325 e. The lowest BCUT2D eigenvalue weighted by molar-refractivity contribution is -0.141. The molecular weight excluding hydrogens is 329 g/mol. The lowest BCUT2D eigenvalue weighted by Crippen LogP contribution is -2.31. The first-order chi connectivity index (χ1) is 12.0. The number of carbonyl (C=O) groups is 3. The Kier molecular flexibility index (Phi) is 6.22. The van der Waals surface area contributed by atoms with Crippen LogP contribution in [0.2, 0.25) is 0 Å². The number of carbonyl (C=O) groups excluding carboxylic acids is 3. The number of halogens is 1. The predicted octanol–water partition coefficient (Wildman–Crippen LogP) is 1.99. The second-order valence-electron chi connectivity index (χ2n) is 5.00. The number of ketones is 1. The standard InChI is InChI=1S/C18H16FNO5/c1-24-15-8-4-12(5-9-15)16(21)11-25-17(22)10-20-18(23)13-2-6-14(19)7-3-13/h2-9H,10-11H2,1H3,(H,20,23). The van der Waals surface area contributed by atoms with E-state index in [9.17, 15) is 18.8 Å². The Hall–Kier alpha value is -3.22. The van der Waals surface area contributed by atoms with Gasteiger partial charge >= 0.3 is 5.97 Å². The SMILES string of the molecule is COc1ccc(C(=O)COC(=O)CNC(=O)c2ccc(F)cc2)cc1. The van der Waals surface area contributed by atoms with Crippen LogP contribution in [0.1, 0.15) is 20.7 Å². The normalized spacial score (nSPS) is 10.0.